The van der Waals surface area contributed by atoms with Crippen molar-refractivity contribution in [3.05, 3.63) is 0 Å². The zero-order valence-electron chi connectivity index (χ0n) is 9.41. The zero-order valence-corrected chi connectivity index (χ0v) is 9.41. The van der Waals surface area contributed by atoms with Crippen LogP contribution in [0.4, 0.5) is 0 Å². The van der Waals surface area contributed by atoms with Crippen molar-refractivity contribution in [1.29, 1.82) is 0 Å². The van der Waals surface area contributed by atoms with E-state index in [0.29, 0.717) is 29.1 Å². The average Bonchev–Trinajstić information content (AvgIpc) is 2.24. The van der Waals surface area contributed by atoms with E-state index >= 15 is 0 Å². The molecule has 10 atom stereocenters. The summed E-state index contributed by atoms with van der Waals surface area (Å²) in [6, 6.07) is 0. The van der Waals surface area contributed by atoms with Gasteiger partial charge in [-0.15, -0.1) is 0 Å². The Kier molecular flexibility index (Phi) is 1.06. The van der Waals surface area contributed by atoms with Crippen LogP contribution in [-0.4, -0.2) is 22.2 Å². The lowest BCUT2D eigenvalue weighted by Crippen LogP contribution is -2.97. The number of rotatable bonds is 2. The molecule has 6 fully saturated rings. The average molecular weight is 234 g/mol. The minimum absolute atomic E-state index is 0.184. The van der Waals surface area contributed by atoms with Crippen LogP contribution in [-0.2, 0) is 9.59 Å². The Morgan fingerprint density at radius 2 is 1.24 bits per heavy atom. The standard InChI is InChI=1S/C13H14O4/c1-13-8-5-2-3(11(14)15)4(12(16)17)7(9(5)13)10(13)6(2)8/h2-10H,1H3,(H,14,15)(H,16,17)/t2?,3-,4-,5+,6+,7?,8?,9-,10+,13?/m0/s1. The monoisotopic (exact) mass is 234 g/mol. The van der Waals surface area contributed by atoms with Crippen molar-refractivity contribution >= 4 is 11.9 Å². The number of carboxylic acid groups (broad SMARTS) is 2. The summed E-state index contributed by atoms with van der Waals surface area (Å²) >= 11 is 0. The number of carbonyl (C=O) groups is 2. The van der Waals surface area contributed by atoms with Gasteiger partial charge >= 0.3 is 11.9 Å². The molecule has 4 nitrogen and oxygen atoms in total. The molecule has 4 heteroatoms. The van der Waals surface area contributed by atoms with Crippen LogP contribution in [0.3, 0.4) is 0 Å². The highest BCUT2D eigenvalue weighted by Crippen LogP contribution is 2.98. The van der Waals surface area contributed by atoms with Gasteiger partial charge < -0.3 is 10.2 Å². The molecule has 0 aromatic carbocycles. The molecule has 4 unspecified atom stereocenters. The van der Waals surface area contributed by atoms with Gasteiger partial charge in [-0.25, -0.2) is 0 Å². The predicted molar refractivity (Wildman–Crippen MR) is 54.8 cm³/mol. The second kappa shape index (κ2) is 2.02. The smallest absolute Gasteiger partial charge is 0.307 e. The third-order valence-corrected chi connectivity index (χ3v) is 7.32. The lowest BCUT2D eigenvalue weighted by molar-refractivity contribution is -0.526. The van der Waals surface area contributed by atoms with Gasteiger partial charge in [0, 0.05) is 0 Å². The summed E-state index contributed by atoms with van der Waals surface area (Å²) in [6.45, 7) is 2.30. The number of hydrogen-bond acceptors (Lipinski definition) is 2. The van der Waals surface area contributed by atoms with E-state index in [-0.39, 0.29) is 11.8 Å². The van der Waals surface area contributed by atoms with E-state index in [9.17, 15) is 19.8 Å². The largest absolute Gasteiger partial charge is 0.481 e. The molecule has 90 valence electrons. The van der Waals surface area contributed by atoms with Crippen LogP contribution >= 0.6 is 0 Å². The first-order chi connectivity index (χ1) is 8.01. The van der Waals surface area contributed by atoms with Gasteiger partial charge in [0.2, 0.25) is 0 Å². The van der Waals surface area contributed by atoms with E-state index in [1.165, 1.54) is 0 Å². The number of carboxylic acids is 2. The van der Waals surface area contributed by atoms with Crippen molar-refractivity contribution in [2.75, 3.05) is 0 Å². The van der Waals surface area contributed by atoms with Crippen LogP contribution in [0.2, 0.25) is 0 Å². The molecule has 6 saturated carbocycles. The van der Waals surface area contributed by atoms with Crippen molar-refractivity contribution < 1.29 is 19.8 Å². The summed E-state index contributed by atoms with van der Waals surface area (Å²) in [5.74, 6) is 0.418. The highest BCUT2D eigenvalue weighted by Gasteiger charge is 2.96. The van der Waals surface area contributed by atoms with Crippen molar-refractivity contribution in [3.63, 3.8) is 0 Å². The molecule has 6 aliphatic carbocycles. The molecule has 2 bridgehead atoms. The summed E-state index contributed by atoms with van der Waals surface area (Å²) in [5, 5.41) is 18.7. The molecule has 0 radical (unpaired) electrons. The zero-order chi connectivity index (χ0) is 11.9. The van der Waals surface area contributed by atoms with Gasteiger partial charge in [-0.05, 0) is 46.8 Å². The Morgan fingerprint density at radius 3 is 1.71 bits per heavy atom. The summed E-state index contributed by atoms with van der Waals surface area (Å²) in [7, 11) is 0. The maximum atomic E-state index is 11.4. The fourth-order valence-electron chi connectivity index (χ4n) is 7.35. The lowest BCUT2D eigenvalue weighted by atomic mass is 9.04. The van der Waals surface area contributed by atoms with Gasteiger partial charge in [0.25, 0.3) is 0 Å². The summed E-state index contributed by atoms with van der Waals surface area (Å²) in [4.78, 5) is 22.8. The molecular weight excluding hydrogens is 220 g/mol. The van der Waals surface area contributed by atoms with Crippen LogP contribution in [0.15, 0.2) is 0 Å². The topological polar surface area (TPSA) is 74.6 Å². The number of aliphatic carboxylic acids is 2. The molecule has 17 heavy (non-hydrogen) atoms. The molecule has 0 spiro atoms. The molecule has 2 N–H and O–H groups in total. The van der Waals surface area contributed by atoms with Crippen LogP contribution in [0, 0.1) is 58.7 Å². The van der Waals surface area contributed by atoms with Crippen molar-refractivity contribution in [3.8, 4) is 0 Å². The minimum atomic E-state index is -0.873. The highest BCUT2D eigenvalue weighted by molar-refractivity contribution is 5.83. The third kappa shape index (κ3) is 0.526. The maximum absolute atomic E-state index is 11.4. The maximum Gasteiger partial charge on any atom is 0.307 e. The van der Waals surface area contributed by atoms with Gasteiger partial charge in [0.15, 0.2) is 0 Å². The van der Waals surface area contributed by atoms with Gasteiger partial charge in [0.1, 0.15) is 0 Å². The van der Waals surface area contributed by atoms with Gasteiger partial charge in [-0.3, -0.25) is 9.59 Å². The van der Waals surface area contributed by atoms with Crippen LogP contribution < -0.4 is 0 Å². The molecule has 0 saturated heterocycles. The Hall–Kier alpha value is -1.06. The Morgan fingerprint density at radius 1 is 0.824 bits per heavy atom. The van der Waals surface area contributed by atoms with Gasteiger partial charge in [0.05, 0.1) is 11.8 Å². The van der Waals surface area contributed by atoms with Crippen molar-refractivity contribution in [2.45, 2.75) is 6.92 Å². The van der Waals surface area contributed by atoms with Crippen LogP contribution in [0.1, 0.15) is 6.92 Å². The number of hydrogen-bond donors (Lipinski definition) is 2. The van der Waals surface area contributed by atoms with Crippen molar-refractivity contribution in [1.82, 2.24) is 0 Å². The molecule has 6 rings (SSSR count). The van der Waals surface area contributed by atoms with E-state index in [1.807, 2.05) is 0 Å². The molecule has 6 aliphatic rings. The fraction of sp³-hybridized carbons (Fsp3) is 0.846. The quantitative estimate of drug-likeness (QED) is 0.740. The molecule has 0 aliphatic heterocycles. The summed E-state index contributed by atoms with van der Waals surface area (Å²) in [5.41, 5.74) is 0.424. The SMILES string of the molecule is CC12C3[C@H]4C5[C@H]3[C@@H]1C([C@@H](C(=O)O)[C@H]5C(=O)O)[C@H]42. The Bertz CT molecular complexity index is 478. The fourth-order valence-corrected chi connectivity index (χ4v) is 7.35. The van der Waals surface area contributed by atoms with E-state index in [4.69, 9.17) is 0 Å². The first-order valence-electron chi connectivity index (χ1n) is 6.47. The van der Waals surface area contributed by atoms with Crippen LogP contribution in [0.25, 0.3) is 0 Å². The van der Waals surface area contributed by atoms with E-state index in [0.717, 1.165) is 5.92 Å². The lowest BCUT2D eigenvalue weighted by Gasteiger charge is -2.99. The summed E-state index contributed by atoms with van der Waals surface area (Å²) in [6.07, 6.45) is 0. The number of fused-ring (bicyclic) bond motifs is 1. The second-order valence-electron chi connectivity index (χ2n) is 6.98. The Labute approximate surface area is 98.0 Å². The van der Waals surface area contributed by atoms with E-state index < -0.39 is 23.8 Å². The highest BCUT2D eigenvalue weighted by atomic mass is 16.4. The first-order valence-corrected chi connectivity index (χ1v) is 6.47. The van der Waals surface area contributed by atoms with Crippen molar-refractivity contribution in [2.24, 2.45) is 58.7 Å². The normalized spacial score (nSPS) is 71.2. The molecule has 0 aromatic heterocycles. The second-order valence-corrected chi connectivity index (χ2v) is 6.98. The third-order valence-electron chi connectivity index (χ3n) is 7.32. The van der Waals surface area contributed by atoms with Gasteiger partial charge in [-0.2, -0.15) is 0 Å². The predicted octanol–water partition coefficient (Wildman–Crippen LogP) is 0.776. The molecule has 0 amide bonds. The van der Waals surface area contributed by atoms with E-state index in [1.54, 1.807) is 0 Å². The van der Waals surface area contributed by atoms with Crippen LogP contribution in [0.5, 0.6) is 0 Å². The summed E-state index contributed by atoms with van der Waals surface area (Å²) < 4.78 is 0. The Balaban J connectivity index is 1.63. The molecule has 0 aromatic rings. The molecular formula is C13H14O4. The van der Waals surface area contributed by atoms with E-state index in [2.05, 4.69) is 6.92 Å². The molecule has 0 heterocycles. The first kappa shape index (κ1) is 8.95. The minimum Gasteiger partial charge on any atom is -0.481 e. The van der Waals surface area contributed by atoms with Gasteiger partial charge in [-0.1, -0.05) is 6.92 Å².